The Bertz CT molecular complexity index is 3440. The van der Waals surface area contributed by atoms with Crippen molar-refractivity contribution >= 4 is 117 Å². The highest BCUT2D eigenvalue weighted by molar-refractivity contribution is 7.27. The number of thiophene rings is 2. The van der Waals surface area contributed by atoms with Gasteiger partial charge in [0.1, 0.15) is 0 Å². The molecule has 0 unspecified atom stereocenters. The Morgan fingerprint density at radius 1 is 0.431 bits per heavy atom. The first-order valence-corrected chi connectivity index (χ1v) is 18.8. The van der Waals surface area contributed by atoms with Gasteiger partial charge in [0, 0.05) is 57.4 Å². The number of aromatic nitrogens is 3. The molecule has 3 nitrogen and oxygen atoms in total. The Hall–Kier alpha value is -6.14. The van der Waals surface area contributed by atoms with Gasteiger partial charge in [-0.3, -0.25) is 4.57 Å². The number of para-hydroxylation sites is 2. The van der Waals surface area contributed by atoms with Crippen LogP contribution in [0.5, 0.6) is 0 Å². The summed E-state index contributed by atoms with van der Waals surface area (Å²) in [4.78, 5) is 11.0. The fraction of sp³-hybridized carbons (Fsp3) is 0. The Morgan fingerprint density at radius 2 is 0.980 bits per heavy atom. The van der Waals surface area contributed by atoms with E-state index in [9.17, 15) is 0 Å². The summed E-state index contributed by atoms with van der Waals surface area (Å²) >= 11 is 3.72. The first-order valence-electron chi connectivity index (χ1n) is 17.2. The van der Waals surface area contributed by atoms with Crippen LogP contribution in [0.4, 0.5) is 0 Å². The fourth-order valence-electron chi connectivity index (χ4n) is 8.45. The lowest BCUT2D eigenvalue weighted by Gasteiger charge is -2.14. The Balaban J connectivity index is 1.28. The summed E-state index contributed by atoms with van der Waals surface area (Å²) in [6, 6.07) is 54.8. The quantitative estimate of drug-likeness (QED) is 0.182. The van der Waals surface area contributed by atoms with Crippen molar-refractivity contribution in [1.82, 2.24) is 14.5 Å². The second kappa shape index (κ2) is 10.2. The normalized spacial score (nSPS) is 12.3. The molecule has 0 atom stereocenters. The lowest BCUT2D eigenvalue weighted by atomic mass is 9.97. The Morgan fingerprint density at radius 3 is 1.75 bits per heavy atom. The summed E-state index contributed by atoms with van der Waals surface area (Å²) in [5.41, 5.74) is 5.30. The van der Waals surface area contributed by atoms with E-state index in [0.717, 1.165) is 33.2 Å². The van der Waals surface area contributed by atoms with Crippen LogP contribution >= 0.6 is 22.7 Å². The van der Waals surface area contributed by atoms with E-state index in [0.29, 0.717) is 5.95 Å². The van der Waals surface area contributed by atoms with Gasteiger partial charge in [0.2, 0.25) is 5.95 Å². The van der Waals surface area contributed by atoms with Crippen LogP contribution in [0.3, 0.4) is 0 Å². The molecule has 8 aromatic carbocycles. The van der Waals surface area contributed by atoms with Crippen LogP contribution in [0.1, 0.15) is 0 Å². The SMILES string of the molecule is c1ccc2c(c1)cc(-c1nc(-n3c4ccccc4c4c5ccccc5c5c6ccccc6sc5c43)nc3ccccc13)c1sc3ccccc3c12. The topological polar surface area (TPSA) is 30.7 Å². The van der Waals surface area contributed by atoms with E-state index in [2.05, 4.69) is 156 Å². The summed E-state index contributed by atoms with van der Waals surface area (Å²) < 4.78 is 7.42. The second-order valence-corrected chi connectivity index (χ2v) is 15.4. The number of fused-ring (bicyclic) bond motifs is 16. The summed E-state index contributed by atoms with van der Waals surface area (Å²) in [6.45, 7) is 0. The van der Waals surface area contributed by atoms with Crippen molar-refractivity contribution in [2.45, 2.75) is 0 Å². The predicted molar refractivity (Wildman–Crippen MR) is 220 cm³/mol. The molecule has 12 rings (SSSR count). The molecule has 236 valence electrons. The molecule has 0 amide bonds. The van der Waals surface area contributed by atoms with E-state index in [1.807, 2.05) is 22.7 Å². The molecule has 0 aliphatic rings. The third-order valence-electron chi connectivity index (χ3n) is 10.6. The van der Waals surface area contributed by atoms with Gasteiger partial charge in [-0.2, -0.15) is 0 Å². The zero-order valence-electron chi connectivity index (χ0n) is 27.1. The summed E-state index contributed by atoms with van der Waals surface area (Å²) in [5.74, 6) is 0.686. The first-order chi connectivity index (χ1) is 25.3. The van der Waals surface area contributed by atoms with E-state index in [1.54, 1.807) is 0 Å². The third-order valence-corrected chi connectivity index (χ3v) is 12.9. The van der Waals surface area contributed by atoms with Crippen LogP contribution in [0.25, 0.3) is 112 Å². The van der Waals surface area contributed by atoms with Gasteiger partial charge in [-0.1, -0.05) is 121 Å². The van der Waals surface area contributed by atoms with E-state index >= 15 is 0 Å². The van der Waals surface area contributed by atoms with Crippen LogP contribution in [0.2, 0.25) is 0 Å². The van der Waals surface area contributed by atoms with Crippen molar-refractivity contribution in [1.29, 1.82) is 0 Å². The van der Waals surface area contributed by atoms with Crippen molar-refractivity contribution in [3.05, 3.63) is 152 Å². The van der Waals surface area contributed by atoms with Gasteiger partial charge >= 0.3 is 0 Å². The van der Waals surface area contributed by atoms with Crippen molar-refractivity contribution in [2.24, 2.45) is 0 Å². The molecule has 0 N–H and O–H groups in total. The van der Waals surface area contributed by atoms with Gasteiger partial charge in [-0.25, -0.2) is 9.97 Å². The third kappa shape index (κ3) is 3.71. The van der Waals surface area contributed by atoms with Gasteiger partial charge in [0.15, 0.2) is 0 Å². The highest BCUT2D eigenvalue weighted by atomic mass is 32.1. The molecule has 4 aromatic heterocycles. The monoisotopic (exact) mass is 683 g/mol. The van der Waals surface area contributed by atoms with Crippen molar-refractivity contribution in [3.63, 3.8) is 0 Å². The van der Waals surface area contributed by atoms with Crippen molar-refractivity contribution in [3.8, 4) is 17.2 Å². The smallest absolute Gasteiger partial charge is 0.235 e. The Labute approximate surface area is 299 Å². The summed E-state index contributed by atoms with van der Waals surface area (Å²) in [6.07, 6.45) is 0. The molecule has 5 heteroatoms. The van der Waals surface area contributed by atoms with Crippen LogP contribution in [0, 0.1) is 0 Å². The largest absolute Gasteiger partial charge is 0.276 e. The molecule has 0 radical (unpaired) electrons. The maximum atomic E-state index is 5.64. The molecule has 51 heavy (non-hydrogen) atoms. The summed E-state index contributed by atoms with van der Waals surface area (Å²) in [5, 5.41) is 13.7. The van der Waals surface area contributed by atoms with Gasteiger partial charge in [0.05, 0.1) is 26.9 Å². The highest BCUT2D eigenvalue weighted by Crippen LogP contribution is 2.49. The maximum absolute atomic E-state index is 5.64. The molecule has 0 saturated carbocycles. The maximum Gasteiger partial charge on any atom is 0.235 e. The number of rotatable bonds is 2. The van der Waals surface area contributed by atoms with E-state index in [1.165, 1.54) is 72.7 Å². The first kappa shape index (κ1) is 27.7. The molecule has 0 bridgehead atoms. The fourth-order valence-corrected chi connectivity index (χ4v) is 10.9. The minimum absolute atomic E-state index is 0.686. The minimum atomic E-state index is 0.686. The molecule has 12 aromatic rings. The second-order valence-electron chi connectivity index (χ2n) is 13.3. The molecule has 0 aliphatic heterocycles. The van der Waals surface area contributed by atoms with Gasteiger partial charge < -0.3 is 0 Å². The summed E-state index contributed by atoms with van der Waals surface area (Å²) in [7, 11) is 0. The number of hydrogen-bond acceptors (Lipinski definition) is 4. The molecule has 0 fully saturated rings. The van der Waals surface area contributed by atoms with E-state index < -0.39 is 0 Å². The van der Waals surface area contributed by atoms with Crippen LogP contribution < -0.4 is 0 Å². The van der Waals surface area contributed by atoms with E-state index in [4.69, 9.17) is 9.97 Å². The zero-order chi connectivity index (χ0) is 33.2. The van der Waals surface area contributed by atoms with Gasteiger partial charge in [-0.15, -0.1) is 22.7 Å². The zero-order valence-corrected chi connectivity index (χ0v) is 28.7. The van der Waals surface area contributed by atoms with Crippen molar-refractivity contribution in [2.75, 3.05) is 0 Å². The van der Waals surface area contributed by atoms with E-state index in [-0.39, 0.29) is 0 Å². The van der Waals surface area contributed by atoms with Gasteiger partial charge in [0.25, 0.3) is 0 Å². The molecule has 0 aliphatic carbocycles. The van der Waals surface area contributed by atoms with Crippen LogP contribution in [-0.2, 0) is 0 Å². The average molecular weight is 684 g/mol. The number of hydrogen-bond donors (Lipinski definition) is 0. The lowest BCUT2D eigenvalue weighted by Crippen LogP contribution is -2.03. The Kier molecular flexibility index (Phi) is 5.53. The highest BCUT2D eigenvalue weighted by Gasteiger charge is 2.24. The molecule has 4 heterocycles. The minimum Gasteiger partial charge on any atom is -0.276 e. The van der Waals surface area contributed by atoms with Crippen LogP contribution in [-0.4, -0.2) is 14.5 Å². The average Bonchev–Trinajstić information content (AvgIpc) is 3.88. The number of nitrogens with zero attached hydrogens (tertiary/aromatic N) is 3. The molecule has 0 spiro atoms. The predicted octanol–water partition coefficient (Wildman–Crippen LogP) is 13.4. The molecular weight excluding hydrogens is 659 g/mol. The lowest BCUT2D eigenvalue weighted by molar-refractivity contribution is 1.02. The standard InChI is InChI=1S/C46H25N3S2/c1-2-14-27-26(13-1)25-34(44-40(27)32-19-7-11-23-37(32)50-44)42-30-17-5-9-21-35(30)47-46(48-42)49-36-22-10-6-18-31(36)39-28-15-3-4-16-29(28)41-33-20-8-12-24-38(33)51-45(41)43(39)49/h1-25H. The molecular formula is C46H25N3S2. The van der Waals surface area contributed by atoms with Crippen molar-refractivity contribution < 1.29 is 0 Å². The molecule has 0 saturated heterocycles. The van der Waals surface area contributed by atoms with Gasteiger partial charge in [-0.05, 0) is 51.9 Å². The van der Waals surface area contributed by atoms with Crippen LogP contribution in [0.15, 0.2) is 152 Å². The number of benzene rings is 8.